The number of aryl methyl sites for hydroxylation is 1. The van der Waals surface area contributed by atoms with Crippen LogP contribution in [-0.2, 0) is 6.54 Å². The summed E-state index contributed by atoms with van der Waals surface area (Å²) in [5, 5.41) is 7.19. The lowest BCUT2D eigenvalue weighted by Crippen LogP contribution is -2.50. The molecule has 6 rings (SSSR count). The van der Waals surface area contributed by atoms with Gasteiger partial charge in [0.05, 0.1) is 18.8 Å². The fraction of sp³-hybridized carbons (Fsp3) is 0.458. The molecule has 1 atom stereocenters. The first-order chi connectivity index (χ1) is 18.6. The van der Waals surface area contributed by atoms with E-state index < -0.39 is 17.7 Å². The molecule has 2 aliphatic heterocycles. The summed E-state index contributed by atoms with van der Waals surface area (Å²) in [6, 6.07) is 1.36. The van der Waals surface area contributed by atoms with E-state index in [9.17, 15) is 18.1 Å². The number of hydrazine groups is 1. The molecule has 0 bridgehead atoms. The maximum absolute atomic E-state index is 15.1. The molecule has 0 spiro atoms. The number of fused-ring (bicyclic) bond motifs is 2. The maximum atomic E-state index is 15.1. The molecule has 1 unspecified atom stereocenters. The average Bonchev–Trinajstić information content (AvgIpc) is 3.59. The van der Waals surface area contributed by atoms with Gasteiger partial charge in [0.2, 0.25) is 5.78 Å². The molecule has 3 aromatic heterocycles. The van der Waals surface area contributed by atoms with Crippen molar-refractivity contribution in [2.24, 2.45) is 4.99 Å². The van der Waals surface area contributed by atoms with Crippen LogP contribution in [0.15, 0.2) is 29.6 Å². The molecule has 39 heavy (non-hydrogen) atoms. The summed E-state index contributed by atoms with van der Waals surface area (Å²) in [4.78, 5) is 30.9. The Kier molecular flexibility index (Phi) is 7.73. The van der Waals surface area contributed by atoms with Gasteiger partial charge in [0, 0.05) is 44.6 Å². The first-order valence-corrected chi connectivity index (χ1v) is 12.8. The number of thiol groups is 1. The summed E-state index contributed by atoms with van der Waals surface area (Å²) in [5.41, 5.74) is 2.84. The molecular formula is C24H27F4N9OS. The molecule has 1 saturated carbocycles. The molecule has 10 nitrogen and oxygen atoms in total. The second-order valence-electron chi connectivity index (χ2n) is 9.55. The van der Waals surface area contributed by atoms with Crippen molar-refractivity contribution < 1.29 is 22.4 Å². The molecule has 5 heterocycles. The highest BCUT2D eigenvalue weighted by atomic mass is 32.1. The van der Waals surface area contributed by atoms with E-state index in [-0.39, 0.29) is 37.2 Å². The van der Waals surface area contributed by atoms with Crippen LogP contribution < -0.4 is 5.32 Å². The number of aliphatic imine (C=N–C) groups is 1. The minimum atomic E-state index is -2.47. The first kappa shape index (κ1) is 27.3. The van der Waals surface area contributed by atoms with Crippen LogP contribution >= 0.6 is 12.6 Å². The molecule has 208 valence electrons. The number of aromatic nitrogens is 4. The Labute approximate surface area is 227 Å². The number of amidine groups is 1. The molecule has 1 amide bonds. The van der Waals surface area contributed by atoms with Gasteiger partial charge in [0.25, 0.3) is 11.7 Å². The second-order valence-corrected chi connectivity index (χ2v) is 9.94. The third kappa shape index (κ3) is 5.84. The maximum Gasteiger partial charge on any atom is 0.281 e. The van der Waals surface area contributed by atoms with E-state index in [0.29, 0.717) is 34.5 Å². The third-order valence-electron chi connectivity index (χ3n) is 6.61. The van der Waals surface area contributed by atoms with Gasteiger partial charge in [0.15, 0.2) is 6.17 Å². The van der Waals surface area contributed by atoms with Gasteiger partial charge in [-0.15, -0.1) is 22.2 Å². The van der Waals surface area contributed by atoms with Crippen LogP contribution in [0.4, 0.5) is 17.7 Å². The van der Waals surface area contributed by atoms with Gasteiger partial charge in [-0.25, -0.2) is 19.4 Å². The number of pyridine rings is 1. The van der Waals surface area contributed by atoms with E-state index in [1.165, 1.54) is 12.3 Å². The second kappa shape index (κ2) is 11.1. The number of nitrogens with zero attached hydrogens (tertiary/aromatic N) is 8. The van der Waals surface area contributed by atoms with Gasteiger partial charge in [0.1, 0.15) is 23.0 Å². The van der Waals surface area contributed by atoms with Gasteiger partial charge >= 0.3 is 0 Å². The molecule has 2 fully saturated rings. The fourth-order valence-corrected chi connectivity index (χ4v) is 4.64. The van der Waals surface area contributed by atoms with Crippen LogP contribution in [0, 0.1) is 12.7 Å². The minimum Gasteiger partial charge on any atom is -0.347 e. The van der Waals surface area contributed by atoms with Crippen molar-refractivity contribution >= 4 is 30.1 Å². The predicted molar refractivity (Wildman–Crippen MR) is 137 cm³/mol. The van der Waals surface area contributed by atoms with Crippen LogP contribution in [-0.4, -0.2) is 78.7 Å². The largest absolute Gasteiger partial charge is 0.347 e. The van der Waals surface area contributed by atoms with E-state index in [0.717, 1.165) is 24.1 Å². The van der Waals surface area contributed by atoms with Crippen molar-refractivity contribution in [1.82, 2.24) is 39.8 Å². The molecule has 1 saturated heterocycles. The van der Waals surface area contributed by atoms with E-state index in [1.807, 2.05) is 18.1 Å². The fourth-order valence-electron chi connectivity index (χ4n) is 4.64. The van der Waals surface area contributed by atoms with Crippen molar-refractivity contribution in [1.29, 1.82) is 0 Å². The van der Waals surface area contributed by atoms with E-state index in [1.54, 1.807) is 22.7 Å². The molecular weight excluding hydrogens is 538 g/mol. The van der Waals surface area contributed by atoms with Crippen molar-refractivity contribution in [3.8, 4) is 0 Å². The smallest absolute Gasteiger partial charge is 0.281 e. The van der Waals surface area contributed by atoms with Gasteiger partial charge < -0.3 is 5.32 Å². The number of nitrogens with one attached hydrogen (secondary N) is 1. The number of hydrogen-bond acceptors (Lipinski definition) is 9. The summed E-state index contributed by atoms with van der Waals surface area (Å²) >= 11 is 2.63. The Bertz CT molecular complexity index is 1410. The highest BCUT2D eigenvalue weighted by Gasteiger charge is 2.38. The van der Waals surface area contributed by atoms with Crippen molar-refractivity contribution in [3.63, 3.8) is 0 Å². The van der Waals surface area contributed by atoms with Gasteiger partial charge in [-0.05, 0) is 37.0 Å². The van der Waals surface area contributed by atoms with Gasteiger partial charge in [-0.1, -0.05) is 0 Å². The number of alkyl halides is 2. The zero-order chi connectivity index (χ0) is 27.8. The summed E-state index contributed by atoms with van der Waals surface area (Å²) in [5.74, 6) is -1.97. The van der Waals surface area contributed by atoms with Crippen LogP contribution in [0.2, 0.25) is 0 Å². The molecule has 3 aliphatic rings. The summed E-state index contributed by atoms with van der Waals surface area (Å²) < 4.78 is 50.8. The number of rotatable bonds is 5. The number of halogens is 4. The summed E-state index contributed by atoms with van der Waals surface area (Å²) in [6.45, 7) is 2.78. The number of amides is 1. The minimum absolute atomic E-state index is 0.0632. The number of carbonyl (C=O) groups is 1. The standard InChI is InChI=1S/C23H25F2N9O.CH2F2S/c1-13-8-28-23-30-18(15-3-4-15)20(33(23)11-13)22(35)27-10-14-7-16(24)19(26-9-14)21-29-17-12-32(25)5-6-34(17)31(21)2;2-1(3)4/h7-9,11,15,21H,3-6,10,12H2,1-2H3,(H,27,35);1,4H. The number of hydrogen-bond donors (Lipinski definition) is 2. The Morgan fingerprint density at radius 1 is 1.21 bits per heavy atom. The lowest BCUT2D eigenvalue weighted by Gasteiger charge is -2.34. The topological polar surface area (TPSA) is 94.3 Å². The zero-order valence-electron chi connectivity index (χ0n) is 21.2. The molecule has 3 aromatic rings. The van der Waals surface area contributed by atoms with Crippen molar-refractivity contribution in [2.45, 2.75) is 44.2 Å². The molecule has 0 radical (unpaired) electrons. The Morgan fingerprint density at radius 2 is 1.95 bits per heavy atom. The van der Waals surface area contributed by atoms with Crippen molar-refractivity contribution in [3.05, 3.63) is 58.7 Å². The van der Waals surface area contributed by atoms with Crippen LogP contribution in [0.25, 0.3) is 5.78 Å². The number of carbonyl (C=O) groups excluding carboxylic acids is 1. The summed E-state index contributed by atoms with van der Waals surface area (Å²) in [6.07, 6.45) is 6.45. The van der Waals surface area contributed by atoms with E-state index in [2.05, 4.69) is 37.9 Å². The Hall–Kier alpha value is -3.30. The van der Waals surface area contributed by atoms with E-state index in [4.69, 9.17) is 0 Å². The molecule has 15 heteroatoms. The highest BCUT2D eigenvalue weighted by molar-refractivity contribution is 7.80. The lowest BCUT2D eigenvalue weighted by molar-refractivity contribution is -0.0258. The molecule has 1 N–H and O–H groups in total. The Balaban J connectivity index is 0.000000723. The monoisotopic (exact) mass is 565 g/mol. The van der Waals surface area contributed by atoms with Gasteiger partial charge in [-0.2, -0.15) is 13.8 Å². The third-order valence-corrected chi connectivity index (χ3v) is 6.61. The highest BCUT2D eigenvalue weighted by Crippen LogP contribution is 2.41. The van der Waals surface area contributed by atoms with Gasteiger partial charge in [-0.3, -0.25) is 19.2 Å². The normalized spacial score (nSPS) is 19.6. The zero-order valence-corrected chi connectivity index (χ0v) is 22.1. The Morgan fingerprint density at radius 3 is 2.64 bits per heavy atom. The summed E-state index contributed by atoms with van der Waals surface area (Å²) in [7, 11) is 1.79. The number of piperazine rings is 1. The molecule has 1 aliphatic carbocycles. The molecule has 0 aromatic carbocycles. The van der Waals surface area contributed by atoms with Crippen LogP contribution in [0.3, 0.4) is 0 Å². The first-order valence-electron chi connectivity index (χ1n) is 12.3. The number of imidazole rings is 1. The quantitative estimate of drug-likeness (QED) is 0.279. The lowest BCUT2D eigenvalue weighted by atomic mass is 10.2. The predicted octanol–water partition coefficient (Wildman–Crippen LogP) is 3.28. The van der Waals surface area contributed by atoms with E-state index >= 15 is 4.39 Å². The van der Waals surface area contributed by atoms with Crippen molar-refractivity contribution in [2.75, 3.05) is 26.7 Å². The van der Waals surface area contributed by atoms with Crippen LogP contribution in [0.5, 0.6) is 0 Å². The SMILES string of the molecule is Cc1cnc2nc(C3CC3)c(C(=O)NCc3cnc(C4N=C5CN(F)CCN5N4C)c(F)c3)n2c1.FC(F)S. The average molecular weight is 566 g/mol. The van der Waals surface area contributed by atoms with Crippen LogP contribution in [0.1, 0.15) is 57.9 Å².